The number of nitrogens with zero attached hydrogens (tertiary/aromatic N) is 5. The average molecular weight is 498 g/mol. The number of benzene rings is 3. The van der Waals surface area contributed by atoms with Crippen molar-refractivity contribution in [2.24, 2.45) is 11.7 Å². The van der Waals surface area contributed by atoms with E-state index in [0.29, 0.717) is 10.7 Å². The number of nitrogens with two attached hydrogens (primary N) is 2. The maximum atomic E-state index is 13.7. The van der Waals surface area contributed by atoms with Crippen molar-refractivity contribution in [3.8, 4) is 11.4 Å². The van der Waals surface area contributed by atoms with E-state index in [9.17, 15) is 16.8 Å². The molecule has 0 radical (unpaired) electrons. The molecule has 1 heterocycles. The number of rotatable bonds is 7. The second-order valence-electron chi connectivity index (χ2n) is 6.87. The summed E-state index contributed by atoms with van der Waals surface area (Å²) < 4.78 is 54.8. The van der Waals surface area contributed by atoms with Gasteiger partial charge in [0.2, 0.25) is 0 Å². The molecule has 0 saturated heterocycles. The zero-order valence-corrected chi connectivity index (χ0v) is 19.1. The normalized spacial score (nSPS) is 11.7. The van der Waals surface area contributed by atoms with E-state index < -0.39 is 26.0 Å². The fourth-order valence-electron chi connectivity index (χ4n) is 2.99. The summed E-state index contributed by atoms with van der Waals surface area (Å²) in [6.07, 6.45) is 0. The number of hydrogen-bond donors (Lipinski definition) is 2. The van der Waals surface area contributed by atoms with Gasteiger partial charge in [-0.25, -0.2) is 16.8 Å². The van der Waals surface area contributed by atoms with E-state index in [4.69, 9.17) is 11.7 Å². The van der Waals surface area contributed by atoms with Crippen LogP contribution in [0.25, 0.3) is 11.4 Å². The lowest BCUT2D eigenvalue weighted by Crippen LogP contribution is -2.42. The molecule has 0 saturated carbocycles. The first-order chi connectivity index (χ1) is 16.2. The van der Waals surface area contributed by atoms with Crippen LogP contribution in [0.2, 0.25) is 0 Å². The standard InChI is InChI=1S/C21H19N7O4S2/c22-27(23)20-24-19(16-10-4-1-5-11-16)25-21(26-20)28(33(29,30)17-12-6-2-7-13-17)34(31,32)18-14-8-3-9-15-18/h1-15H,22-23H2. The fourth-order valence-corrected chi connectivity index (χ4v) is 6.52. The van der Waals surface area contributed by atoms with Crippen LogP contribution in [0, 0.1) is 0 Å². The molecule has 11 nitrogen and oxygen atoms in total. The quantitative estimate of drug-likeness (QED) is 0.283. The van der Waals surface area contributed by atoms with Gasteiger partial charge in [-0.3, -0.25) is 0 Å². The zero-order chi connectivity index (χ0) is 24.3. The Hall–Kier alpha value is -3.91. The highest BCUT2D eigenvalue weighted by Crippen LogP contribution is 2.30. The molecule has 4 N–H and O–H groups in total. The summed E-state index contributed by atoms with van der Waals surface area (Å²) in [4.78, 5) is 11.7. The third-order valence-corrected chi connectivity index (χ3v) is 8.67. The van der Waals surface area contributed by atoms with Crippen LogP contribution in [0.5, 0.6) is 0 Å². The monoisotopic (exact) mass is 497 g/mol. The molecule has 0 amide bonds. The van der Waals surface area contributed by atoms with Crippen molar-refractivity contribution in [3.63, 3.8) is 0 Å². The highest BCUT2D eigenvalue weighted by atomic mass is 32.3. The van der Waals surface area contributed by atoms with Gasteiger partial charge >= 0.3 is 0 Å². The molecule has 1 aromatic heterocycles. The Morgan fingerprint density at radius 3 is 1.41 bits per heavy atom. The van der Waals surface area contributed by atoms with Crippen LogP contribution in [0.1, 0.15) is 0 Å². The maximum absolute atomic E-state index is 13.7. The topological polar surface area (TPSA) is 165 Å². The summed E-state index contributed by atoms with van der Waals surface area (Å²) in [5, 5.41) is 0.542. The molecular weight excluding hydrogens is 478 g/mol. The van der Waals surface area contributed by atoms with E-state index in [2.05, 4.69) is 15.0 Å². The Bertz CT molecular complexity index is 1430. The van der Waals surface area contributed by atoms with Gasteiger partial charge in [-0.1, -0.05) is 66.7 Å². The smallest absolute Gasteiger partial charge is 0.230 e. The van der Waals surface area contributed by atoms with Crippen LogP contribution in [-0.4, -0.2) is 31.8 Å². The van der Waals surface area contributed by atoms with Crippen molar-refractivity contribution in [2.45, 2.75) is 9.79 Å². The van der Waals surface area contributed by atoms with E-state index in [1.165, 1.54) is 48.5 Å². The molecule has 0 bridgehead atoms. The molecule has 0 unspecified atom stereocenters. The average Bonchev–Trinajstić information content (AvgIpc) is 2.85. The van der Waals surface area contributed by atoms with E-state index in [0.717, 1.165) is 0 Å². The van der Waals surface area contributed by atoms with Crippen LogP contribution < -0.4 is 20.5 Å². The number of hydrazine groups is 2. The van der Waals surface area contributed by atoms with Crippen molar-refractivity contribution < 1.29 is 16.8 Å². The molecule has 0 aliphatic heterocycles. The second-order valence-corrected chi connectivity index (χ2v) is 10.7. The molecule has 174 valence electrons. The molecule has 34 heavy (non-hydrogen) atoms. The van der Waals surface area contributed by atoms with Gasteiger partial charge in [0.25, 0.3) is 31.9 Å². The van der Waals surface area contributed by atoms with Gasteiger partial charge in [-0.05, 0) is 24.3 Å². The van der Waals surface area contributed by atoms with E-state index in [1.807, 2.05) is 0 Å². The number of sulfonamides is 2. The SMILES string of the molecule is NN(N)c1nc(-c2ccccc2)nc(N(S(=O)(=O)c2ccccc2)S(=O)(=O)c2ccccc2)n1. The third kappa shape index (κ3) is 4.45. The van der Waals surface area contributed by atoms with Gasteiger partial charge < -0.3 is 0 Å². The lowest BCUT2D eigenvalue weighted by molar-refractivity contribution is 0.583. The van der Waals surface area contributed by atoms with Crippen LogP contribution in [0.15, 0.2) is 101 Å². The minimum Gasteiger partial charge on any atom is -0.230 e. The molecule has 4 aromatic rings. The maximum Gasteiger partial charge on any atom is 0.280 e. The predicted molar refractivity (Wildman–Crippen MR) is 126 cm³/mol. The highest BCUT2D eigenvalue weighted by Gasteiger charge is 2.39. The molecule has 0 atom stereocenters. The minimum atomic E-state index is -4.71. The first-order valence-electron chi connectivity index (χ1n) is 9.73. The Morgan fingerprint density at radius 2 is 0.971 bits per heavy atom. The van der Waals surface area contributed by atoms with Gasteiger partial charge in [0.15, 0.2) is 5.82 Å². The van der Waals surface area contributed by atoms with Crippen molar-refractivity contribution in [1.29, 1.82) is 0 Å². The summed E-state index contributed by atoms with van der Waals surface area (Å²) in [5.74, 6) is 10.1. The molecule has 0 spiro atoms. The van der Waals surface area contributed by atoms with Gasteiger partial charge in [-0.2, -0.15) is 31.8 Å². The minimum absolute atomic E-state index is 0.0296. The van der Waals surface area contributed by atoms with Crippen molar-refractivity contribution in [2.75, 3.05) is 8.83 Å². The summed E-state index contributed by atoms with van der Waals surface area (Å²) in [6, 6.07) is 22.6. The Morgan fingerprint density at radius 1 is 0.559 bits per heavy atom. The van der Waals surface area contributed by atoms with Crippen molar-refractivity contribution in [1.82, 2.24) is 15.0 Å². The van der Waals surface area contributed by atoms with Gasteiger partial charge in [0.05, 0.1) is 9.79 Å². The first kappa shape index (κ1) is 23.3. The van der Waals surface area contributed by atoms with Gasteiger partial charge in [-0.15, -0.1) is 3.71 Å². The molecule has 13 heteroatoms. The summed E-state index contributed by atoms with van der Waals surface area (Å²) in [7, 11) is -9.42. The largest absolute Gasteiger partial charge is 0.280 e. The lowest BCUT2D eigenvalue weighted by Gasteiger charge is -2.23. The molecular formula is C21H19N7O4S2. The zero-order valence-electron chi connectivity index (χ0n) is 17.5. The van der Waals surface area contributed by atoms with Crippen molar-refractivity contribution >= 4 is 31.9 Å². The predicted octanol–water partition coefficient (Wildman–Crippen LogP) is 1.68. The number of anilines is 2. The van der Waals surface area contributed by atoms with E-state index in [-0.39, 0.29) is 25.3 Å². The third-order valence-electron chi connectivity index (χ3n) is 4.56. The lowest BCUT2D eigenvalue weighted by atomic mass is 10.2. The first-order valence-corrected chi connectivity index (χ1v) is 12.6. The van der Waals surface area contributed by atoms with Crippen LogP contribution >= 0.6 is 0 Å². The van der Waals surface area contributed by atoms with Crippen molar-refractivity contribution in [3.05, 3.63) is 91.0 Å². The second kappa shape index (κ2) is 9.15. The summed E-state index contributed by atoms with van der Waals surface area (Å²) in [5.41, 5.74) is 0.461. The Kier molecular flexibility index (Phi) is 6.26. The molecule has 0 aliphatic rings. The van der Waals surface area contributed by atoms with Gasteiger partial charge in [0.1, 0.15) is 0 Å². The summed E-state index contributed by atoms with van der Waals surface area (Å²) >= 11 is 0. The highest BCUT2D eigenvalue weighted by molar-refractivity contribution is 8.10. The van der Waals surface area contributed by atoms with Gasteiger partial charge in [0, 0.05) is 5.56 Å². The number of aromatic nitrogens is 3. The number of hydrogen-bond acceptors (Lipinski definition) is 10. The molecule has 0 fully saturated rings. The molecule has 4 rings (SSSR count). The van der Waals surface area contributed by atoms with Crippen LogP contribution in [0.3, 0.4) is 0 Å². The van der Waals surface area contributed by atoms with Crippen LogP contribution in [-0.2, 0) is 20.0 Å². The summed E-state index contributed by atoms with van der Waals surface area (Å²) in [6.45, 7) is 0. The van der Waals surface area contributed by atoms with E-state index >= 15 is 0 Å². The molecule has 0 aliphatic carbocycles. The van der Waals surface area contributed by atoms with E-state index in [1.54, 1.807) is 42.5 Å². The fraction of sp³-hybridized carbons (Fsp3) is 0. The Balaban J connectivity index is 2.03. The van der Waals surface area contributed by atoms with Crippen LogP contribution in [0.4, 0.5) is 11.9 Å². The molecule has 3 aromatic carbocycles. The Labute approximate surface area is 196 Å².